The van der Waals surface area contributed by atoms with Gasteiger partial charge >= 0.3 is 13.8 Å². The van der Waals surface area contributed by atoms with Crippen LogP contribution in [0.1, 0.15) is 136 Å². The van der Waals surface area contributed by atoms with E-state index in [0.29, 0.717) is 6.61 Å². The largest absolute Gasteiger partial charge is 0.472 e. The molecule has 0 heterocycles. The van der Waals surface area contributed by atoms with Gasteiger partial charge in [-0.2, -0.15) is 0 Å². The van der Waals surface area contributed by atoms with Crippen LogP contribution in [-0.2, 0) is 27.9 Å². The average Bonchev–Trinajstić information content (AvgIpc) is 2.96. The Morgan fingerprint density at radius 3 is 1.93 bits per heavy atom. The second-order valence-corrected chi connectivity index (χ2v) is 12.3. The molecule has 3 atom stereocenters. The molecule has 0 aliphatic carbocycles. The minimum Gasteiger partial charge on any atom is -0.457 e. The van der Waals surface area contributed by atoms with Gasteiger partial charge in [0, 0.05) is 13.0 Å². The van der Waals surface area contributed by atoms with Crippen LogP contribution in [0.5, 0.6) is 0 Å². The molecule has 0 saturated heterocycles. The van der Waals surface area contributed by atoms with E-state index in [-0.39, 0.29) is 19.6 Å². The first-order valence-corrected chi connectivity index (χ1v) is 17.7. The number of carbonyl (C=O) groups excluding carboxylic acids is 1. The molecule has 0 fully saturated rings. The van der Waals surface area contributed by atoms with Crippen LogP contribution in [0, 0.1) is 0 Å². The minimum absolute atomic E-state index is 0.0496. The Morgan fingerprint density at radius 2 is 1.29 bits per heavy atom. The molecule has 9 nitrogen and oxygen atoms in total. The van der Waals surface area contributed by atoms with Crippen molar-refractivity contribution < 1.29 is 43.0 Å². The van der Waals surface area contributed by atoms with Crippen LogP contribution in [0.2, 0.25) is 0 Å². The van der Waals surface area contributed by atoms with Gasteiger partial charge in [-0.3, -0.25) is 13.8 Å². The van der Waals surface area contributed by atoms with Crippen molar-refractivity contribution in [2.75, 3.05) is 33.0 Å². The molecule has 0 aromatic carbocycles. The van der Waals surface area contributed by atoms with Crippen molar-refractivity contribution >= 4 is 13.8 Å². The highest BCUT2D eigenvalue weighted by Gasteiger charge is 2.26. The van der Waals surface area contributed by atoms with Crippen LogP contribution in [0.3, 0.4) is 0 Å². The zero-order chi connectivity index (χ0) is 30.4. The van der Waals surface area contributed by atoms with Gasteiger partial charge in [0.25, 0.3) is 0 Å². The zero-order valence-electron chi connectivity index (χ0n) is 26.0. The molecule has 244 valence electrons. The number of carbonyl (C=O) groups is 1. The van der Waals surface area contributed by atoms with E-state index in [1.807, 2.05) is 0 Å². The number of allylic oxidation sites excluding steroid dienone is 2. The fourth-order valence-corrected chi connectivity index (χ4v) is 4.97. The number of ether oxygens (including phenoxy) is 2. The summed E-state index contributed by atoms with van der Waals surface area (Å²) in [6.45, 7) is 3.41. The van der Waals surface area contributed by atoms with Crippen LogP contribution in [0.25, 0.3) is 0 Å². The fraction of sp³-hybridized carbons (Fsp3) is 0.903. The third kappa shape index (κ3) is 29.1. The van der Waals surface area contributed by atoms with Gasteiger partial charge in [-0.1, -0.05) is 109 Å². The number of phosphoric acid groups is 1. The first-order chi connectivity index (χ1) is 19.8. The lowest BCUT2D eigenvalue weighted by Gasteiger charge is -2.20. The lowest BCUT2D eigenvalue weighted by Crippen LogP contribution is -2.29. The molecule has 3 unspecified atom stereocenters. The standard InChI is InChI=1S/C31H61O9P/c1-3-5-7-9-11-13-15-17-19-21-23-31(34)40-30(28-39-41(35,36)38-26-29(33)25-32)27-37-24-22-20-18-16-14-12-10-8-6-4-2/h7,9,29-30,32-33H,3-6,8,10-28H2,1-2H3,(H,35,36)/b9-7-. The van der Waals surface area contributed by atoms with Crippen molar-refractivity contribution in [2.45, 2.75) is 148 Å². The summed E-state index contributed by atoms with van der Waals surface area (Å²) in [4.78, 5) is 22.3. The molecule has 3 N–H and O–H groups in total. The molecule has 0 rings (SSSR count). The number of rotatable bonds is 31. The molecule has 0 amide bonds. The number of aliphatic hydroxyl groups is 2. The topological polar surface area (TPSA) is 132 Å². The minimum atomic E-state index is -4.50. The normalized spacial score (nSPS) is 14.8. The molecule has 41 heavy (non-hydrogen) atoms. The van der Waals surface area contributed by atoms with Crippen molar-refractivity contribution in [1.29, 1.82) is 0 Å². The Balaban J connectivity index is 4.32. The number of unbranched alkanes of at least 4 members (excludes halogenated alkanes) is 15. The van der Waals surface area contributed by atoms with E-state index in [9.17, 15) is 19.4 Å². The first-order valence-electron chi connectivity index (χ1n) is 16.2. The van der Waals surface area contributed by atoms with E-state index in [1.165, 1.54) is 57.8 Å². The molecule has 0 aliphatic heterocycles. The van der Waals surface area contributed by atoms with Crippen molar-refractivity contribution in [3.8, 4) is 0 Å². The van der Waals surface area contributed by atoms with E-state index in [4.69, 9.17) is 19.1 Å². The van der Waals surface area contributed by atoms with E-state index in [1.54, 1.807) is 0 Å². The van der Waals surface area contributed by atoms with Crippen molar-refractivity contribution in [1.82, 2.24) is 0 Å². The maximum absolute atomic E-state index is 12.4. The molecular weight excluding hydrogens is 547 g/mol. The van der Waals surface area contributed by atoms with Crippen LogP contribution in [-0.4, -0.2) is 66.3 Å². The van der Waals surface area contributed by atoms with Crippen LogP contribution >= 0.6 is 7.82 Å². The Bertz CT molecular complexity index is 659. The van der Waals surface area contributed by atoms with Gasteiger partial charge in [-0.05, 0) is 32.1 Å². The average molecular weight is 609 g/mol. The molecular formula is C31H61O9P. The summed E-state index contributed by atoms with van der Waals surface area (Å²) in [5, 5.41) is 18.2. The fourth-order valence-electron chi connectivity index (χ4n) is 4.18. The van der Waals surface area contributed by atoms with Gasteiger partial charge in [-0.25, -0.2) is 4.57 Å². The maximum Gasteiger partial charge on any atom is 0.472 e. The van der Waals surface area contributed by atoms with Gasteiger partial charge in [0.2, 0.25) is 0 Å². The quantitative estimate of drug-likeness (QED) is 0.0318. The summed E-state index contributed by atoms with van der Waals surface area (Å²) in [5.41, 5.74) is 0. The molecule has 0 radical (unpaired) electrons. The predicted molar refractivity (Wildman–Crippen MR) is 164 cm³/mol. The monoisotopic (exact) mass is 608 g/mol. The van der Waals surface area contributed by atoms with Crippen molar-refractivity contribution in [3.05, 3.63) is 12.2 Å². The molecule has 0 saturated carbocycles. The highest BCUT2D eigenvalue weighted by atomic mass is 31.2. The molecule has 0 spiro atoms. The summed E-state index contributed by atoms with van der Waals surface area (Å²) >= 11 is 0. The van der Waals surface area contributed by atoms with Gasteiger partial charge in [0.15, 0.2) is 0 Å². The lowest BCUT2D eigenvalue weighted by molar-refractivity contribution is -0.154. The van der Waals surface area contributed by atoms with Gasteiger partial charge in [0.1, 0.15) is 12.2 Å². The third-order valence-corrected chi connectivity index (χ3v) is 7.63. The van der Waals surface area contributed by atoms with E-state index in [0.717, 1.165) is 57.8 Å². The molecule has 0 aromatic heterocycles. The second kappa shape index (κ2) is 29.3. The number of hydrogen-bond acceptors (Lipinski definition) is 8. The highest BCUT2D eigenvalue weighted by molar-refractivity contribution is 7.47. The molecule has 10 heteroatoms. The maximum atomic E-state index is 12.4. The lowest BCUT2D eigenvalue weighted by atomic mass is 10.1. The summed E-state index contributed by atoms with van der Waals surface area (Å²) < 4.78 is 33.0. The van der Waals surface area contributed by atoms with Crippen LogP contribution < -0.4 is 0 Å². The SMILES string of the molecule is CCC/C=C\CCCCCCCC(=O)OC(COCCCCCCCCCCCC)COP(=O)(O)OCC(O)CO. The number of phosphoric ester groups is 1. The van der Waals surface area contributed by atoms with Crippen molar-refractivity contribution in [2.24, 2.45) is 0 Å². The predicted octanol–water partition coefficient (Wildman–Crippen LogP) is 7.41. The Labute approximate surface area is 250 Å². The first kappa shape index (κ1) is 40.2. The Kier molecular flexibility index (Phi) is 28.7. The smallest absolute Gasteiger partial charge is 0.457 e. The van der Waals surface area contributed by atoms with Gasteiger partial charge in [-0.15, -0.1) is 0 Å². The summed E-state index contributed by atoms with van der Waals surface area (Å²) in [7, 11) is -4.50. The van der Waals surface area contributed by atoms with E-state index in [2.05, 4.69) is 30.5 Å². The van der Waals surface area contributed by atoms with Crippen LogP contribution in [0.4, 0.5) is 0 Å². The van der Waals surface area contributed by atoms with E-state index < -0.39 is 39.2 Å². The molecule has 0 aromatic rings. The zero-order valence-corrected chi connectivity index (χ0v) is 26.9. The molecule has 0 aliphatic rings. The van der Waals surface area contributed by atoms with E-state index >= 15 is 0 Å². The Morgan fingerprint density at radius 1 is 0.732 bits per heavy atom. The van der Waals surface area contributed by atoms with Gasteiger partial charge < -0.3 is 24.6 Å². The van der Waals surface area contributed by atoms with Gasteiger partial charge in [0.05, 0.1) is 26.4 Å². The second-order valence-electron chi connectivity index (χ2n) is 10.8. The number of aliphatic hydroxyl groups excluding tert-OH is 2. The molecule has 0 bridgehead atoms. The Hall–Kier alpha value is -0.800. The summed E-state index contributed by atoms with van der Waals surface area (Å²) in [5.74, 6) is -0.395. The summed E-state index contributed by atoms with van der Waals surface area (Å²) in [6, 6.07) is 0. The third-order valence-electron chi connectivity index (χ3n) is 6.68. The number of esters is 1. The number of hydrogen-bond donors (Lipinski definition) is 3. The highest BCUT2D eigenvalue weighted by Crippen LogP contribution is 2.43. The summed E-state index contributed by atoms with van der Waals surface area (Å²) in [6.07, 6.45) is 23.2. The van der Waals surface area contributed by atoms with Crippen LogP contribution in [0.15, 0.2) is 12.2 Å². The van der Waals surface area contributed by atoms with Crippen molar-refractivity contribution in [3.63, 3.8) is 0 Å².